The van der Waals surface area contributed by atoms with Crippen LogP contribution >= 0.6 is 24.0 Å². The molecule has 0 rings (SSSR count). The van der Waals surface area contributed by atoms with E-state index >= 15 is 0 Å². The molecule has 0 bridgehead atoms. The molecule has 0 saturated heterocycles. The van der Waals surface area contributed by atoms with E-state index in [1.54, 1.807) is 11.8 Å². The quantitative estimate of drug-likeness (QED) is 0.625. The third-order valence-corrected chi connectivity index (χ3v) is 2.55. The predicted molar refractivity (Wildman–Crippen MR) is 48.4 cm³/mol. The van der Waals surface area contributed by atoms with Crippen molar-refractivity contribution in [1.29, 1.82) is 0 Å². The Morgan fingerprint density at radius 2 is 2.44 bits per heavy atom. The highest BCUT2D eigenvalue weighted by atomic mass is 32.2. The summed E-state index contributed by atoms with van der Waals surface area (Å²) in [7, 11) is 3.46. The molecule has 0 amide bonds. The second kappa shape index (κ2) is 5.06. The smallest absolute Gasteiger partial charge is 0.134 e. The Kier molecular flexibility index (Phi) is 5.19. The fraction of sp³-hybridized carbons (Fsp3) is 0.667. The van der Waals surface area contributed by atoms with Gasteiger partial charge in [-0.05, 0) is 6.42 Å². The van der Waals surface area contributed by atoms with Crippen LogP contribution in [0.4, 0.5) is 0 Å². The summed E-state index contributed by atoms with van der Waals surface area (Å²) in [6, 6.07) is 0. The van der Waals surface area contributed by atoms with Crippen molar-refractivity contribution in [3.05, 3.63) is 7.05 Å². The van der Waals surface area contributed by atoms with Crippen LogP contribution in [0.5, 0.6) is 0 Å². The standard InChI is InChI=1S/C6H12NS2/c1-4-5(2)9-6(8)7-3/h5H,3-4H2,1-2H3,(H,7,8). The zero-order valence-corrected chi connectivity index (χ0v) is 7.44. The Hall–Kier alpha value is 0.240. The summed E-state index contributed by atoms with van der Waals surface area (Å²) in [5.41, 5.74) is 0. The normalized spacial score (nSPS) is 12.8. The lowest BCUT2D eigenvalue weighted by Crippen LogP contribution is -2.11. The molecule has 0 aromatic rings. The minimum absolute atomic E-state index is 0.603. The molecule has 1 N–H and O–H groups in total. The molecule has 3 heteroatoms. The molecule has 0 heterocycles. The minimum Gasteiger partial charge on any atom is -0.369 e. The van der Waals surface area contributed by atoms with E-state index in [0.29, 0.717) is 5.25 Å². The van der Waals surface area contributed by atoms with E-state index in [1.807, 2.05) is 0 Å². The van der Waals surface area contributed by atoms with Crippen molar-refractivity contribution >= 4 is 28.3 Å². The molecule has 0 aliphatic rings. The van der Waals surface area contributed by atoms with Gasteiger partial charge in [0.1, 0.15) is 4.32 Å². The van der Waals surface area contributed by atoms with E-state index in [1.165, 1.54) is 0 Å². The van der Waals surface area contributed by atoms with Crippen LogP contribution in [0.3, 0.4) is 0 Å². The highest BCUT2D eigenvalue weighted by Gasteiger charge is 2.00. The first-order chi connectivity index (χ1) is 4.20. The van der Waals surface area contributed by atoms with Crippen LogP contribution in [0.15, 0.2) is 0 Å². The van der Waals surface area contributed by atoms with Crippen LogP contribution in [0.25, 0.3) is 0 Å². The number of thioether (sulfide) groups is 1. The van der Waals surface area contributed by atoms with Crippen molar-refractivity contribution in [2.45, 2.75) is 25.5 Å². The molecule has 1 radical (unpaired) electrons. The van der Waals surface area contributed by atoms with Gasteiger partial charge in [0.15, 0.2) is 0 Å². The predicted octanol–water partition coefficient (Wildman–Crippen LogP) is 2.18. The van der Waals surface area contributed by atoms with E-state index in [-0.39, 0.29) is 0 Å². The maximum Gasteiger partial charge on any atom is 0.134 e. The second-order valence-electron chi connectivity index (χ2n) is 1.80. The maximum absolute atomic E-state index is 4.89. The summed E-state index contributed by atoms with van der Waals surface area (Å²) < 4.78 is 0.782. The summed E-state index contributed by atoms with van der Waals surface area (Å²) in [5, 5.41) is 3.28. The zero-order chi connectivity index (χ0) is 7.28. The lowest BCUT2D eigenvalue weighted by molar-refractivity contribution is 0.910. The fourth-order valence-corrected chi connectivity index (χ4v) is 1.42. The van der Waals surface area contributed by atoms with Gasteiger partial charge in [-0.1, -0.05) is 37.8 Å². The molecular weight excluding hydrogens is 150 g/mol. The topological polar surface area (TPSA) is 12.0 Å². The number of hydrogen-bond donors (Lipinski definition) is 1. The summed E-state index contributed by atoms with van der Waals surface area (Å²) in [6.45, 7) is 4.29. The van der Waals surface area contributed by atoms with E-state index in [9.17, 15) is 0 Å². The Morgan fingerprint density at radius 3 is 2.78 bits per heavy atom. The summed E-state index contributed by atoms with van der Waals surface area (Å²) in [4.78, 5) is 0. The third kappa shape index (κ3) is 4.73. The van der Waals surface area contributed by atoms with Crippen LogP contribution in [0.1, 0.15) is 20.3 Å². The van der Waals surface area contributed by atoms with Gasteiger partial charge in [0.2, 0.25) is 0 Å². The molecule has 0 aromatic heterocycles. The lowest BCUT2D eigenvalue weighted by Gasteiger charge is -2.06. The largest absolute Gasteiger partial charge is 0.369 e. The SMILES string of the molecule is [CH2]NC(=S)SC(C)CC. The average molecular weight is 162 g/mol. The minimum atomic E-state index is 0.603. The van der Waals surface area contributed by atoms with Gasteiger partial charge in [-0.15, -0.1) is 0 Å². The van der Waals surface area contributed by atoms with Crippen molar-refractivity contribution in [2.24, 2.45) is 0 Å². The Morgan fingerprint density at radius 1 is 1.89 bits per heavy atom. The number of nitrogens with one attached hydrogen (secondary N) is 1. The Bertz CT molecular complexity index is 93.1. The van der Waals surface area contributed by atoms with Gasteiger partial charge in [-0.2, -0.15) is 0 Å². The van der Waals surface area contributed by atoms with Gasteiger partial charge in [-0.25, -0.2) is 0 Å². The Balaban J connectivity index is 3.34. The van der Waals surface area contributed by atoms with Crippen LogP contribution in [-0.2, 0) is 0 Å². The molecule has 1 atom stereocenters. The van der Waals surface area contributed by atoms with Gasteiger partial charge < -0.3 is 5.32 Å². The third-order valence-electron chi connectivity index (χ3n) is 1.03. The van der Waals surface area contributed by atoms with E-state index in [2.05, 4.69) is 26.2 Å². The van der Waals surface area contributed by atoms with E-state index in [0.717, 1.165) is 10.7 Å². The molecule has 53 valence electrons. The summed E-state index contributed by atoms with van der Waals surface area (Å²) >= 11 is 6.54. The molecule has 1 unspecified atom stereocenters. The fourth-order valence-electron chi connectivity index (χ4n) is 0.308. The molecule has 0 fully saturated rings. The average Bonchev–Trinajstić information content (AvgIpc) is 1.87. The van der Waals surface area contributed by atoms with Crippen LogP contribution in [-0.4, -0.2) is 9.57 Å². The first-order valence-corrected chi connectivity index (χ1v) is 4.23. The van der Waals surface area contributed by atoms with Gasteiger partial charge >= 0.3 is 0 Å². The van der Waals surface area contributed by atoms with Gasteiger partial charge in [-0.3, -0.25) is 0 Å². The monoisotopic (exact) mass is 162 g/mol. The maximum atomic E-state index is 4.89. The van der Waals surface area contributed by atoms with Crippen molar-refractivity contribution in [1.82, 2.24) is 5.32 Å². The van der Waals surface area contributed by atoms with E-state index in [4.69, 9.17) is 12.2 Å². The number of hydrogen-bond acceptors (Lipinski definition) is 2. The zero-order valence-electron chi connectivity index (χ0n) is 5.81. The first kappa shape index (κ1) is 9.24. The highest BCUT2D eigenvalue weighted by Crippen LogP contribution is 2.13. The molecule has 0 aromatic carbocycles. The van der Waals surface area contributed by atoms with Crippen LogP contribution in [0, 0.1) is 7.05 Å². The molecule has 0 aliphatic carbocycles. The van der Waals surface area contributed by atoms with Crippen LogP contribution < -0.4 is 5.32 Å². The van der Waals surface area contributed by atoms with Gasteiger partial charge in [0.05, 0.1) is 0 Å². The van der Waals surface area contributed by atoms with Crippen molar-refractivity contribution in [2.75, 3.05) is 0 Å². The summed E-state index contributed by atoms with van der Waals surface area (Å²) in [5.74, 6) is 0. The Labute approximate surface area is 66.6 Å². The van der Waals surface area contributed by atoms with Gasteiger partial charge in [0, 0.05) is 12.3 Å². The molecule has 0 saturated carbocycles. The second-order valence-corrected chi connectivity index (χ2v) is 3.92. The highest BCUT2D eigenvalue weighted by molar-refractivity contribution is 8.23. The van der Waals surface area contributed by atoms with Crippen molar-refractivity contribution in [3.8, 4) is 0 Å². The number of rotatable bonds is 2. The van der Waals surface area contributed by atoms with E-state index < -0.39 is 0 Å². The van der Waals surface area contributed by atoms with Gasteiger partial charge in [0.25, 0.3) is 0 Å². The molecule has 9 heavy (non-hydrogen) atoms. The molecule has 0 spiro atoms. The molecular formula is C6H12NS2. The summed E-state index contributed by atoms with van der Waals surface area (Å²) in [6.07, 6.45) is 1.15. The lowest BCUT2D eigenvalue weighted by atomic mass is 10.4. The molecule has 0 aliphatic heterocycles. The van der Waals surface area contributed by atoms with Crippen molar-refractivity contribution in [3.63, 3.8) is 0 Å². The first-order valence-electron chi connectivity index (χ1n) is 2.94. The molecule has 1 nitrogen and oxygen atoms in total. The van der Waals surface area contributed by atoms with Crippen LogP contribution in [0.2, 0.25) is 0 Å². The van der Waals surface area contributed by atoms with Crippen molar-refractivity contribution < 1.29 is 0 Å². The number of thiocarbonyl (C=S) groups is 1.